The molecule has 0 radical (unpaired) electrons. The highest BCUT2D eigenvalue weighted by Gasteiger charge is 2.39. The highest BCUT2D eigenvalue weighted by Crippen LogP contribution is 2.26. The number of hydrogen-bond donors (Lipinski definition) is 2. The molecule has 2 rings (SSSR count). The summed E-state index contributed by atoms with van der Waals surface area (Å²) in [6, 6.07) is 0.0583. The summed E-state index contributed by atoms with van der Waals surface area (Å²) >= 11 is 5.09. The van der Waals surface area contributed by atoms with Crippen molar-refractivity contribution in [2.45, 2.75) is 31.3 Å². The van der Waals surface area contributed by atoms with Crippen LogP contribution in [0, 0.1) is 0 Å². The van der Waals surface area contributed by atoms with Crippen LogP contribution in [-0.4, -0.2) is 39.7 Å². The Morgan fingerprint density at radius 1 is 1.62 bits per heavy atom. The number of carboxylic acid groups (broad SMARTS) is 1. The monoisotopic (exact) mass is 200 g/mol. The maximum absolute atomic E-state index is 11.0. The minimum Gasteiger partial charge on any atom is -0.465 e. The van der Waals surface area contributed by atoms with Crippen LogP contribution in [0.25, 0.3) is 0 Å². The average molecular weight is 200 g/mol. The van der Waals surface area contributed by atoms with Gasteiger partial charge < -0.3 is 10.4 Å². The summed E-state index contributed by atoms with van der Waals surface area (Å²) in [5.41, 5.74) is 0. The Bertz CT molecular complexity index is 257. The number of amides is 1. The van der Waals surface area contributed by atoms with Crippen molar-refractivity contribution in [3.05, 3.63) is 0 Å². The Hall–Kier alpha value is -0.840. The van der Waals surface area contributed by atoms with Crippen LogP contribution >= 0.6 is 12.2 Å². The number of nitrogens with zero attached hydrogens (tertiary/aromatic N) is 1. The van der Waals surface area contributed by atoms with E-state index in [9.17, 15) is 4.79 Å². The largest absolute Gasteiger partial charge is 0.465 e. The third kappa shape index (κ3) is 1.37. The highest BCUT2D eigenvalue weighted by atomic mass is 32.1. The predicted molar refractivity (Wildman–Crippen MR) is 51.9 cm³/mol. The second kappa shape index (κ2) is 3.14. The standard InChI is InChI=1S/C8H12N2O2S/c11-8(12)10-5-2-1-3-6(10)7(13)9-4-5/h5-6H,1-4H2,(H,9,13)(H,11,12)/t5-,6+/m1/s1. The fraction of sp³-hybridized carbons (Fsp3) is 0.750. The van der Waals surface area contributed by atoms with Crippen LogP contribution in [0.3, 0.4) is 0 Å². The zero-order valence-electron chi connectivity index (χ0n) is 7.19. The molecule has 0 aromatic rings. The van der Waals surface area contributed by atoms with E-state index >= 15 is 0 Å². The van der Waals surface area contributed by atoms with Crippen molar-refractivity contribution in [2.75, 3.05) is 6.54 Å². The topological polar surface area (TPSA) is 52.6 Å². The van der Waals surface area contributed by atoms with Crippen molar-refractivity contribution in [1.29, 1.82) is 0 Å². The quantitative estimate of drug-likeness (QED) is 0.568. The van der Waals surface area contributed by atoms with E-state index in [1.165, 1.54) is 4.90 Å². The molecule has 2 saturated heterocycles. The lowest BCUT2D eigenvalue weighted by Crippen LogP contribution is -2.63. The Morgan fingerprint density at radius 2 is 2.38 bits per heavy atom. The molecular formula is C8H12N2O2S. The van der Waals surface area contributed by atoms with Crippen LogP contribution in [0.5, 0.6) is 0 Å². The van der Waals surface area contributed by atoms with Crippen LogP contribution in [0.2, 0.25) is 0 Å². The maximum Gasteiger partial charge on any atom is 0.408 e. The molecule has 2 atom stereocenters. The van der Waals surface area contributed by atoms with Gasteiger partial charge in [0, 0.05) is 6.54 Å². The van der Waals surface area contributed by atoms with E-state index in [2.05, 4.69) is 5.32 Å². The molecule has 0 aromatic heterocycles. The maximum atomic E-state index is 11.0. The van der Waals surface area contributed by atoms with Crippen molar-refractivity contribution >= 4 is 23.3 Å². The number of hydrogen-bond acceptors (Lipinski definition) is 2. The molecule has 2 fully saturated rings. The Kier molecular flexibility index (Phi) is 2.11. The Morgan fingerprint density at radius 3 is 3.00 bits per heavy atom. The molecule has 13 heavy (non-hydrogen) atoms. The zero-order valence-corrected chi connectivity index (χ0v) is 8.01. The van der Waals surface area contributed by atoms with Gasteiger partial charge in [0.1, 0.15) is 0 Å². The fourth-order valence-corrected chi connectivity index (χ4v) is 2.48. The van der Waals surface area contributed by atoms with Gasteiger partial charge in [-0.1, -0.05) is 12.2 Å². The summed E-state index contributed by atoms with van der Waals surface area (Å²) in [4.78, 5) is 13.2. The first-order chi connectivity index (χ1) is 6.20. The lowest BCUT2D eigenvalue weighted by atomic mass is 9.93. The molecule has 2 aliphatic rings. The van der Waals surface area contributed by atoms with E-state index in [1.807, 2.05) is 0 Å². The normalized spacial score (nSPS) is 32.6. The number of piperidine rings is 1. The van der Waals surface area contributed by atoms with Crippen molar-refractivity contribution in [3.8, 4) is 0 Å². The van der Waals surface area contributed by atoms with E-state index in [-0.39, 0.29) is 12.1 Å². The van der Waals surface area contributed by atoms with Gasteiger partial charge in [0.05, 0.1) is 17.1 Å². The van der Waals surface area contributed by atoms with Gasteiger partial charge in [-0.05, 0) is 19.3 Å². The van der Waals surface area contributed by atoms with Crippen LogP contribution in [0.1, 0.15) is 19.3 Å². The Balaban J connectivity index is 2.23. The molecule has 2 bridgehead atoms. The minimum absolute atomic E-state index is 0.0694. The van der Waals surface area contributed by atoms with Gasteiger partial charge in [-0.2, -0.15) is 0 Å². The number of rotatable bonds is 0. The van der Waals surface area contributed by atoms with Crippen LogP contribution in [-0.2, 0) is 0 Å². The van der Waals surface area contributed by atoms with E-state index < -0.39 is 6.09 Å². The summed E-state index contributed by atoms with van der Waals surface area (Å²) in [6.07, 6.45) is 2.08. The first kappa shape index (κ1) is 8.74. The molecule has 0 spiro atoms. The smallest absolute Gasteiger partial charge is 0.408 e. The lowest BCUT2D eigenvalue weighted by molar-refractivity contribution is 0.0844. The molecule has 5 heteroatoms. The molecule has 2 aliphatic heterocycles. The SMILES string of the molecule is O=C(O)N1[C@@H]2CCC[C@H]1C(=S)NC2. The molecule has 4 nitrogen and oxygen atoms in total. The van der Waals surface area contributed by atoms with Gasteiger partial charge in [0.25, 0.3) is 0 Å². The van der Waals surface area contributed by atoms with Gasteiger partial charge in [-0.3, -0.25) is 4.90 Å². The third-order valence-corrected chi connectivity index (χ3v) is 3.20. The number of piperazine rings is 1. The summed E-state index contributed by atoms with van der Waals surface area (Å²) in [5, 5.41) is 12.1. The molecule has 0 aliphatic carbocycles. The molecule has 1 amide bonds. The van der Waals surface area contributed by atoms with Crippen molar-refractivity contribution in [2.24, 2.45) is 0 Å². The molecule has 72 valence electrons. The molecule has 0 saturated carbocycles. The van der Waals surface area contributed by atoms with Gasteiger partial charge in [-0.25, -0.2) is 4.79 Å². The van der Waals surface area contributed by atoms with Crippen LogP contribution in [0.4, 0.5) is 4.79 Å². The Labute approximate surface area is 81.9 Å². The van der Waals surface area contributed by atoms with Crippen LogP contribution in [0.15, 0.2) is 0 Å². The first-order valence-electron chi connectivity index (χ1n) is 4.49. The number of nitrogens with one attached hydrogen (secondary N) is 1. The summed E-state index contributed by atoms with van der Waals surface area (Å²) in [6.45, 7) is 0.682. The van der Waals surface area contributed by atoms with E-state index in [0.717, 1.165) is 19.3 Å². The summed E-state index contributed by atoms with van der Waals surface area (Å²) in [7, 11) is 0. The van der Waals surface area contributed by atoms with Crippen LogP contribution < -0.4 is 5.32 Å². The van der Waals surface area contributed by atoms with E-state index in [1.54, 1.807) is 0 Å². The van der Waals surface area contributed by atoms with E-state index in [0.29, 0.717) is 11.5 Å². The third-order valence-electron chi connectivity index (χ3n) is 2.78. The van der Waals surface area contributed by atoms with Gasteiger partial charge in [0.15, 0.2) is 0 Å². The highest BCUT2D eigenvalue weighted by molar-refractivity contribution is 7.80. The van der Waals surface area contributed by atoms with Gasteiger partial charge in [0.2, 0.25) is 0 Å². The second-order valence-corrected chi connectivity index (χ2v) is 3.98. The summed E-state index contributed by atoms with van der Waals surface area (Å²) < 4.78 is 0. The van der Waals surface area contributed by atoms with E-state index in [4.69, 9.17) is 17.3 Å². The molecule has 2 N–H and O–H groups in total. The molecule has 0 aromatic carbocycles. The summed E-state index contributed by atoms with van der Waals surface area (Å²) in [5.74, 6) is 0. The van der Waals surface area contributed by atoms with Crippen molar-refractivity contribution < 1.29 is 9.90 Å². The number of fused-ring (bicyclic) bond motifs is 2. The molecule has 2 heterocycles. The number of thiocarbonyl (C=S) groups is 1. The second-order valence-electron chi connectivity index (χ2n) is 3.54. The van der Waals surface area contributed by atoms with Crippen molar-refractivity contribution in [1.82, 2.24) is 10.2 Å². The van der Waals surface area contributed by atoms with Gasteiger partial charge in [-0.15, -0.1) is 0 Å². The fourth-order valence-electron chi connectivity index (χ4n) is 2.16. The van der Waals surface area contributed by atoms with Crippen molar-refractivity contribution in [3.63, 3.8) is 0 Å². The first-order valence-corrected chi connectivity index (χ1v) is 4.90. The van der Waals surface area contributed by atoms with Gasteiger partial charge >= 0.3 is 6.09 Å². The average Bonchev–Trinajstić information content (AvgIpc) is 2.11. The molecular weight excluding hydrogens is 188 g/mol. The minimum atomic E-state index is -0.835. The zero-order chi connectivity index (χ0) is 9.42. The number of carbonyl (C=O) groups is 1. The molecule has 0 unspecified atom stereocenters. The lowest BCUT2D eigenvalue weighted by Gasteiger charge is -2.44. The predicted octanol–water partition coefficient (Wildman–Crippen LogP) is 0.818.